The summed E-state index contributed by atoms with van der Waals surface area (Å²) >= 11 is 6.60. The van der Waals surface area contributed by atoms with Gasteiger partial charge in [0.25, 0.3) is 0 Å². The first-order valence-electron chi connectivity index (χ1n) is 14.9. The van der Waals surface area contributed by atoms with Crippen molar-refractivity contribution in [1.82, 2.24) is 24.8 Å². The predicted molar refractivity (Wildman–Crippen MR) is 167 cm³/mol. The van der Waals surface area contributed by atoms with Gasteiger partial charge in [-0.15, -0.1) is 0 Å². The molecule has 10 heteroatoms. The zero-order chi connectivity index (χ0) is 29.9. The molecule has 3 fully saturated rings. The SMILES string of the molecule is C=CC(=O)N1C[C@H](N(C)c2nc(OCC34CCCN3CCC4)nc3c(F)c(-c4cccc5cccc(Cl)c45)ncc23)[C@H]1C. The highest BCUT2D eigenvalue weighted by atomic mass is 35.5. The Bertz CT molecular complexity index is 1750. The van der Waals surface area contributed by atoms with Crippen molar-refractivity contribution in [3.05, 3.63) is 66.1 Å². The lowest BCUT2D eigenvalue weighted by atomic mass is 9.95. The third kappa shape index (κ3) is 4.52. The molecule has 2 atom stereocenters. The summed E-state index contributed by atoms with van der Waals surface area (Å²) in [5, 5.41) is 2.63. The highest BCUT2D eigenvalue weighted by molar-refractivity contribution is 6.36. The van der Waals surface area contributed by atoms with Crippen LogP contribution >= 0.6 is 11.6 Å². The average Bonchev–Trinajstić information content (AvgIpc) is 3.60. The molecular formula is C33H34ClFN6O2. The summed E-state index contributed by atoms with van der Waals surface area (Å²) in [6.07, 6.45) is 7.39. The molecule has 0 saturated carbocycles. The smallest absolute Gasteiger partial charge is 0.319 e. The monoisotopic (exact) mass is 600 g/mol. The lowest BCUT2D eigenvalue weighted by Crippen LogP contribution is -2.66. The van der Waals surface area contributed by atoms with E-state index >= 15 is 4.39 Å². The molecule has 2 aromatic carbocycles. The molecule has 0 radical (unpaired) electrons. The molecule has 43 heavy (non-hydrogen) atoms. The number of ether oxygens (including phenoxy) is 1. The van der Waals surface area contributed by atoms with Gasteiger partial charge in [0, 0.05) is 35.8 Å². The van der Waals surface area contributed by atoms with Gasteiger partial charge < -0.3 is 14.5 Å². The number of aromatic nitrogens is 3. The van der Waals surface area contributed by atoms with Crippen LogP contribution in [0.15, 0.2) is 55.3 Å². The van der Waals surface area contributed by atoms with Gasteiger partial charge in [0.15, 0.2) is 5.82 Å². The van der Waals surface area contributed by atoms with Crippen LogP contribution in [-0.2, 0) is 4.79 Å². The summed E-state index contributed by atoms with van der Waals surface area (Å²) in [6.45, 7) is 8.72. The number of likely N-dealkylation sites (N-methyl/N-ethyl adjacent to an activating group) is 1. The van der Waals surface area contributed by atoms with Gasteiger partial charge in [-0.05, 0) is 63.2 Å². The van der Waals surface area contributed by atoms with E-state index in [0.717, 1.165) is 49.5 Å². The lowest BCUT2D eigenvalue weighted by molar-refractivity contribution is -0.133. The molecule has 222 valence electrons. The second-order valence-electron chi connectivity index (χ2n) is 12.0. The Morgan fingerprint density at radius 1 is 1.21 bits per heavy atom. The Morgan fingerprint density at radius 2 is 1.95 bits per heavy atom. The maximum atomic E-state index is 16.6. The van der Waals surface area contributed by atoms with E-state index in [1.807, 2.05) is 49.2 Å². The third-order valence-corrected chi connectivity index (χ3v) is 10.1. The van der Waals surface area contributed by atoms with Crippen LogP contribution in [-0.4, -0.2) is 81.6 Å². The number of benzene rings is 2. The van der Waals surface area contributed by atoms with Crippen molar-refractivity contribution < 1.29 is 13.9 Å². The van der Waals surface area contributed by atoms with Crippen LogP contribution in [0.4, 0.5) is 10.2 Å². The van der Waals surface area contributed by atoms with Crippen LogP contribution in [0, 0.1) is 5.82 Å². The zero-order valence-electron chi connectivity index (χ0n) is 24.4. The molecule has 8 nitrogen and oxygen atoms in total. The number of pyridine rings is 1. The lowest BCUT2D eigenvalue weighted by Gasteiger charge is -2.50. The van der Waals surface area contributed by atoms with E-state index in [9.17, 15) is 4.79 Å². The molecule has 2 aromatic heterocycles. The standard InChI is InChI=1S/C33H34ClFN6O2/c1-4-26(42)41-18-25(20(41)2)39(3)31-23-17-36-29(22-11-5-9-21-10-6-12-24(34)27(21)22)28(35)30(23)37-32(38-31)43-19-33-13-7-15-40(33)16-8-14-33/h4-6,9-12,17,20,25H,1,7-8,13-16,18-19H2,2-3H3/t20-,25+/m1/s1. The Morgan fingerprint density at radius 3 is 2.67 bits per heavy atom. The van der Waals surface area contributed by atoms with E-state index in [2.05, 4.69) is 21.4 Å². The second-order valence-corrected chi connectivity index (χ2v) is 12.4. The molecule has 7 rings (SSSR count). The number of hydrogen-bond acceptors (Lipinski definition) is 7. The second kappa shape index (κ2) is 10.7. The van der Waals surface area contributed by atoms with Crippen molar-refractivity contribution in [2.24, 2.45) is 0 Å². The number of halogens is 2. The summed E-state index contributed by atoms with van der Waals surface area (Å²) in [5.41, 5.74) is 0.885. The number of hydrogen-bond donors (Lipinski definition) is 0. The maximum Gasteiger partial charge on any atom is 0.319 e. The molecule has 0 spiro atoms. The molecule has 3 aliphatic rings. The van der Waals surface area contributed by atoms with Gasteiger partial charge >= 0.3 is 6.01 Å². The molecular weight excluding hydrogens is 567 g/mol. The predicted octanol–water partition coefficient (Wildman–Crippen LogP) is 5.87. The zero-order valence-corrected chi connectivity index (χ0v) is 25.1. The Labute approximate surface area is 255 Å². The number of anilines is 1. The highest BCUT2D eigenvalue weighted by Crippen LogP contribution is 2.41. The number of likely N-dealkylation sites (tertiary alicyclic amines) is 1. The molecule has 4 aromatic rings. The first kappa shape index (κ1) is 28.0. The minimum atomic E-state index is -0.557. The van der Waals surface area contributed by atoms with Crippen LogP contribution in [0.1, 0.15) is 32.6 Å². The fraction of sp³-hybridized carbons (Fsp3) is 0.394. The van der Waals surface area contributed by atoms with E-state index in [-0.39, 0.29) is 40.8 Å². The molecule has 0 unspecified atom stereocenters. The minimum Gasteiger partial charge on any atom is -0.461 e. The normalized spacial score (nSPS) is 21.2. The molecule has 1 amide bonds. The molecule has 3 saturated heterocycles. The number of rotatable bonds is 7. The van der Waals surface area contributed by atoms with E-state index in [1.165, 1.54) is 6.08 Å². The maximum absolute atomic E-state index is 16.6. The number of nitrogens with zero attached hydrogens (tertiary/aromatic N) is 6. The van der Waals surface area contributed by atoms with E-state index in [1.54, 1.807) is 17.2 Å². The van der Waals surface area contributed by atoms with Crippen LogP contribution in [0.25, 0.3) is 32.9 Å². The molecule has 0 N–H and O–H groups in total. The van der Waals surface area contributed by atoms with Crippen LogP contribution in [0.3, 0.4) is 0 Å². The van der Waals surface area contributed by atoms with Crippen molar-refractivity contribution in [2.75, 3.05) is 38.2 Å². The molecule has 0 aliphatic carbocycles. The van der Waals surface area contributed by atoms with Crippen molar-refractivity contribution >= 4 is 45.0 Å². The Kier molecular flexibility index (Phi) is 6.97. The number of carbonyl (C=O) groups excluding carboxylic acids is 1. The van der Waals surface area contributed by atoms with Gasteiger partial charge in [-0.3, -0.25) is 14.7 Å². The van der Waals surface area contributed by atoms with Gasteiger partial charge in [-0.2, -0.15) is 9.97 Å². The minimum absolute atomic E-state index is 0.0138. The van der Waals surface area contributed by atoms with Crippen molar-refractivity contribution in [1.29, 1.82) is 0 Å². The van der Waals surface area contributed by atoms with Gasteiger partial charge in [-0.1, -0.05) is 48.5 Å². The fourth-order valence-electron chi connectivity index (χ4n) is 7.30. The van der Waals surface area contributed by atoms with E-state index in [4.69, 9.17) is 21.3 Å². The number of amides is 1. The Hall–Kier alpha value is -3.82. The fourth-order valence-corrected chi connectivity index (χ4v) is 7.58. The average molecular weight is 601 g/mol. The highest BCUT2D eigenvalue weighted by Gasteiger charge is 2.45. The molecule has 3 aliphatic heterocycles. The largest absolute Gasteiger partial charge is 0.461 e. The van der Waals surface area contributed by atoms with Gasteiger partial charge in [0.05, 0.1) is 23.0 Å². The van der Waals surface area contributed by atoms with Gasteiger partial charge in [0.2, 0.25) is 5.91 Å². The third-order valence-electron chi connectivity index (χ3n) is 9.76. The van der Waals surface area contributed by atoms with Gasteiger partial charge in [-0.25, -0.2) is 4.39 Å². The van der Waals surface area contributed by atoms with Crippen molar-refractivity contribution in [3.63, 3.8) is 0 Å². The molecule has 5 heterocycles. The molecule has 0 bridgehead atoms. The van der Waals surface area contributed by atoms with Crippen LogP contribution in [0.5, 0.6) is 6.01 Å². The summed E-state index contributed by atoms with van der Waals surface area (Å²) in [5.74, 6) is -0.154. The van der Waals surface area contributed by atoms with Crippen molar-refractivity contribution in [3.8, 4) is 17.3 Å². The van der Waals surface area contributed by atoms with Crippen LogP contribution < -0.4 is 9.64 Å². The summed E-state index contributed by atoms with van der Waals surface area (Å²) in [7, 11) is 1.91. The van der Waals surface area contributed by atoms with Gasteiger partial charge in [0.1, 0.15) is 23.6 Å². The van der Waals surface area contributed by atoms with E-state index < -0.39 is 5.82 Å². The Balaban J connectivity index is 1.33. The first-order chi connectivity index (χ1) is 20.8. The first-order valence-corrected chi connectivity index (χ1v) is 15.3. The van der Waals surface area contributed by atoms with E-state index in [0.29, 0.717) is 34.9 Å². The van der Waals surface area contributed by atoms with Crippen LogP contribution in [0.2, 0.25) is 5.02 Å². The topological polar surface area (TPSA) is 74.7 Å². The summed E-state index contributed by atoms with van der Waals surface area (Å²) in [6, 6.07) is 11.3. The quantitative estimate of drug-likeness (QED) is 0.246. The number of carbonyl (C=O) groups is 1. The summed E-state index contributed by atoms with van der Waals surface area (Å²) < 4.78 is 23.0. The van der Waals surface area contributed by atoms with Crippen molar-refractivity contribution in [2.45, 2.75) is 50.2 Å². The summed E-state index contributed by atoms with van der Waals surface area (Å²) in [4.78, 5) is 32.6. The number of fused-ring (bicyclic) bond motifs is 3.